The van der Waals surface area contributed by atoms with Crippen LogP contribution in [0.3, 0.4) is 0 Å². The molecular formula is C16H17F3N2O. The van der Waals surface area contributed by atoms with Crippen LogP contribution in [0.15, 0.2) is 17.7 Å². The van der Waals surface area contributed by atoms with E-state index < -0.39 is 17.6 Å². The van der Waals surface area contributed by atoms with Crippen molar-refractivity contribution in [3.05, 3.63) is 40.0 Å². The highest BCUT2D eigenvalue weighted by Crippen LogP contribution is 2.43. The second-order valence-electron chi connectivity index (χ2n) is 5.97. The van der Waals surface area contributed by atoms with Crippen molar-refractivity contribution in [3.63, 3.8) is 0 Å². The molecule has 0 unspecified atom stereocenters. The highest BCUT2D eigenvalue weighted by atomic mass is 19.4. The molecule has 0 bridgehead atoms. The number of carbonyl (C=O) groups is 1. The molecule has 1 saturated heterocycles. The number of hydrogen-bond acceptors (Lipinski definition) is 2. The number of allylic oxidation sites excluding steroid dienone is 1. The number of alkyl halides is 3. The van der Waals surface area contributed by atoms with Crippen LogP contribution in [-0.4, -0.2) is 30.4 Å². The van der Waals surface area contributed by atoms with E-state index in [-0.39, 0.29) is 11.6 Å². The standard InChI is InChI=1S/C16H17F3N2O/c1-9(2)5-10-6-11-13-8-20-3-4-21(13)15(22)14(11)12(7-10)16(17,18)19/h5-7,13,20H,3-4,8H2,1-2H3/t13-/m0/s1. The minimum absolute atomic E-state index is 0.174. The van der Waals surface area contributed by atoms with Crippen LogP contribution < -0.4 is 5.32 Å². The Labute approximate surface area is 126 Å². The van der Waals surface area contributed by atoms with Gasteiger partial charge in [0.15, 0.2) is 0 Å². The van der Waals surface area contributed by atoms with Crippen molar-refractivity contribution in [2.24, 2.45) is 0 Å². The van der Waals surface area contributed by atoms with Crippen LogP contribution >= 0.6 is 0 Å². The Morgan fingerprint density at radius 3 is 2.73 bits per heavy atom. The average Bonchev–Trinajstić information content (AvgIpc) is 2.71. The molecule has 22 heavy (non-hydrogen) atoms. The van der Waals surface area contributed by atoms with Crippen molar-refractivity contribution >= 4 is 12.0 Å². The van der Waals surface area contributed by atoms with Crippen LogP contribution in [0.25, 0.3) is 6.08 Å². The van der Waals surface area contributed by atoms with E-state index in [9.17, 15) is 18.0 Å². The fraction of sp³-hybridized carbons (Fsp3) is 0.438. The molecule has 2 aliphatic rings. The fourth-order valence-electron chi connectivity index (χ4n) is 3.20. The summed E-state index contributed by atoms with van der Waals surface area (Å²) in [7, 11) is 0. The molecule has 0 spiro atoms. The predicted molar refractivity (Wildman–Crippen MR) is 77.4 cm³/mol. The molecule has 1 amide bonds. The van der Waals surface area contributed by atoms with Gasteiger partial charge in [0.1, 0.15) is 0 Å². The number of nitrogens with one attached hydrogen (secondary N) is 1. The van der Waals surface area contributed by atoms with Crippen LogP contribution in [0.5, 0.6) is 0 Å². The van der Waals surface area contributed by atoms with E-state index in [0.29, 0.717) is 30.8 Å². The third kappa shape index (κ3) is 2.41. The zero-order chi connectivity index (χ0) is 16.1. The van der Waals surface area contributed by atoms with Crippen LogP contribution in [0.2, 0.25) is 0 Å². The minimum atomic E-state index is -4.53. The molecule has 0 aromatic heterocycles. The quantitative estimate of drug-likeness (QED) is 0.864. The lowest BCUT2D eigenvalue weighted by Gasteiger charge is -2.30. The molecule has 118 valence electrons. The van der Waals surface area contributed by atoms with Gasteiger partial charge in [-0.25, -0.2) is 0 Å². The number of fused-ring (bicyclic) bond motifs is 3. The number of halogens is 3. The summed E-state index contributed by atoms with van der Waals surface area (Å²) in [5.74, 6) is -0.502. The number of piperazine rings is 1. The fourth-order valence-corrected chi connectivity index (χ4v) is 3.20. The van der Waals surface area contributed by atoms with Gasteiger partial charge in [-0.3, -0.25) is 4.79 Å². The predicted octanol–water partition coefficient (Wildman–Crippen LogP) is 3.23. The van der Waals surface area contributed by atoms with Crippen molar-refractivity contribution in [3.8, 4) is 0 Å². The highest BCUT2D eigenvalue weighted by molar-refractivity contribution is 6.01. The van der Waals surface area contributed by atoms with Gasteiger partial charge in [0, 0.05) is 19.6 Å². The van der Waals surface area contributed by atoms with Crippen molar-refractivity contribution < 1.29 is 18.0 Å². The number of carbonyl (C=O) groups excluding carboxylic acids is 1. The third-order valence-electron chi connectivity index (χ3n) is 4.03. The molecular weight excluding hydrogens is 293 g/mol. The van der Waals surface area contributed by atoms with Gasteiger partial charge in [0.25, 0.3) is 5.91 Å². The second kappa shape index (κ2) is 5.12. The Hall–Kier alpha value is -1.82. The molecule has 0 radical (unpaired) electrons. The lowest BCUT2D eigenvalue weighted by atomic mass is 9.94. The zero-order valence-corrected chi connectivity index (χ0v) is 12.4. The summed E-state index contributed by atoms with van der Waals surface area (Å²) in [4.78, 5) is 14.0. The summed E-state index contributed by atoms with van der Waals surface area (Å²) in [6.45, 7) is 5.21. The van der Waals surface area contributed by atoms with Gasteiger partial charge in [0.05, 0.1) is 17.2 Å². The van der Waals surface area contributed by atoms with Crippen molar-refractivity contribution in [2.75, 3.05) is 19.6 Å². The number of nitrogens with zero attached hydrogens (tertiary/aromatic N) is 1. The van der Waals surface area contributed by atoms with Crippen LogP contribution in [-0.2, 0) is 6.18 Å². The summed E-state index contributed by atoms with van der Waals surface area (Å²) >= 11 is 0. The summed E-state index contributed by atoms with van der Waals surface area (Å²) < 4.78 is 40.2. The molecule has 3 rings (SSSR count). The van der Waals surface area contributed by atoms with E-state index in [1.54, 1.807) is 17.0 Å². The van der Waals surface area contributed by atoms with Gasteiger partial charge >= 0.3 is 6.18 Å². The van der Waals surface area contributed by atoms with E-state index in [2.05, 4.69) is 5.32 Å². The maximum Gasteiger partial charge on any atom is 0.417 e. The maximum absolute atomic E-state index is 13.4. The SMILES string of the molecule is CC(C)=Cc1cc2c(c(C(F)(F)F)c1)C(=O)N1CCNC[C@@H]21. The molecule has 1 aromatic carbocycles. The molecule has 0 aliphatic carbocycles. The molecule has 2 aliphatic heterocycles. The molecule has 2 heterocycles. The Kier molecular flexibility index (Phi) is 3.51. The van der Waals surface area contributed by atoms with Crippen molar-refractivity contribution in [1.29, 1.82) is 0 Å². The summed E-state index contributed by atoms with van der Waals surface area (Å²) in [5.41, 5.74) is 0.894. The van der Waals surface area contributed by atoms with Gasteiger partial charge in [-0.05, 0) is 37.1 Å². The first-order chi connectivity index (χ1) is 10.3. The Morgan fingerprint density at radius 1 is 1.36 bits per heavy atom. The second-order valence-corrected chi connectivity index (χ2v) is 5.97. The van der Waals surface area contributed by atoms with Crippen LogP contribution in [0.1, 0.15) is 46.9 Å². The van der Waals surface area contributed by atoms with E-state index >= 15 is 0 Å². The number of hydrogen-bond donors (Lipinski definition) is 1. The Morgan fingerprint density at radius 2 is 2.09 bits per heavy atom. The molecule has 1 N–H and O–H groups in total. The first kappa shape index (κ1) is 15.1. The van der Waals surface area contributed by atoms with E-state index in [0.717, 1.165) is 11.6 Å². The van der Waals surface area contributed by atoms with Crippen LogP contribution in [0.4, 0.5) is 13.2 Å². The number of benzene rings is 1. The smallest absolute Gasteiger partial charge is 0.329 e. The van der Waals surface area contributed by atoms with Gasteiger partial charge < -0.3 is 10.2 Å². The summed E-state index contributed by atoms with van der Waals surface area (Å²) in [6, 6.07) is 2.49. The topological polar surface area (TPSA) is 32.3 Å². The minimum Gasteiger partial charge on any atom is -0.329 e. The zero-order valence-electron chi connectivity index (χ0n) is 12.4. The lowest BCUT2D eigenvalue weighted by Crippen LogP contribution is -2.44. The van der Waals surface area contributed by atoms with Crippen molar-refractivity contribution in [2.45, 2.75) is 26.1 Å². The van der Waals surface area contributed by atoms with Crippen LogP contribution in [0, 0.1) is 0 Å². The van der Waals surface area contributed by atoms with Gasteiger partial charge in [-0.15, -0.1) is 0 Å². The van der Waals surface area contributed by atoms with Gasteiger partial charge in [-0.1, -0.05) is 11.6 Å². The summed E-state index contributed by atoms with van der Waals surface area (Å²) in [5, 5.41) is 3.15. The molecule has 6 heteroatoms. The molecule has 1 fully saturated rings. The highest BCUT2D eigenvalue weighted by Gasteiger charge is 2.45. The van der Waals surface area contributed by atoms with Gasteiger partial charge in [0.2, 0.25) is 0 Å². The van der Waals surface area contributed by atoms with Crippen molar-refractivity contribution in [1.82, 2.24) is 10.2 Å². The Bertz CT molecular complexity index is 660. The molecule has 3 nitrogen and oxygen atoms in total. The Balaban J connectivity index is 2.22. The first-order valence-corrected chi connectivity index (χ1v) is 7.21. The lowest BCUT2D eigenvalue weighted by molar-refractivity contribution is -0.138. The normalized spacial score (nSPS) is 20.7. The van der Waals surface area contributed by atoms with E-state index in [4.69, 9.17) is 0 Å². The summed E-state index contributed by atoms with van der Waals surface area (Å²) in [6.07, 6.45) is -2.83. The third-order valence-corrected chi connectivity index (χ3v) is 4.03. The van der Waals surface area contributed by atoms with E-state index in [1.165, 1.54) is 0 Å². The molecule has 0 saturated carbocycles. The average molecular weight is 310 g/mol. The monoisotopic (exact) mass is 310 g/mol. The number of amides is 1. The maximum atomic E-state index is 13.4. The first-order valence-electron chi connectivity index (χ1n) is 7.21. The number of rotatable bonds is 1. The van der Waals surface area contributed by atoms with Gasteiger partial charge in [-0.2, -0.15) is 13.2 Å². The van der Waals surface area contributed by atoms with E-state index in [1.807, 2.05) is 13.8 Å². The molecule has 1 atom stereocenters. The largest absolute Gasteiger partial charge is 0.417 e. The molecule has 1 aromatic rings.